The Labute approximate surface area is 183 Å². The van der Waals surface area contributed by atoms with E-state index < -0.39 is 6.09 Å². The molecule has 3 nitrogen and oxygen atoms in total. The van der Waals surface area contributed by atoms with E-state index in [9.17, 15) is 9.18 Å². The lowest BCUT2D eigenvalue weighted by molar-refractivity contribution is 0.143. The summed E-state index contributed by atoms with van der Waals surface area (Å²) in [5.74, 6) is 5.53. The van der Waals surface area contributed by atoms with Gasteiger partial charge in [-0.05, 0) is 56.4 Å². The summed E-state index contributed by atoms with van der Waals surface area (Å²) in [6, 6.07) is 20.8. The van der Waals surface area contributed by atoms with E-state index in [0.29, 0.717) is 18.5 Å². The van der Waals surface area contributed by atoms with Gasteiger partial charge in [0.2, 0.25) is 0 Å². The molecule has 4 rings (SSSR count). The third kappa shape index (κ3) is 4.39. The minimum absolute atomic E-state index is 0.0354. The standard InChI is InChI=1S/C25H19BrFNO2/c26-24-13-12-18(27)15-17(24)7-5-6-14-28-25(29)30-16-23-21-10-3-1-8-19(21)20-9-2-4-11-22(20)23/h1-4,8-13,15,23H,6,14,16H2,(H,28,29). The third-order valence-corrected chi connectivity index (χ3v) is 5.71. The molecule has 0 aromatic heterocycles. The minimum atomic E-state index is -0.467. The maximum absolute atomic E-state index is 13.3. The number of halogens is 2. The van der Waals surface area contributed by atoms with E-state index in [-0.39, 0.29) is 18.3 Å². The lowest BCUT2D eigenvalue weighted by Gasteiger charge is -2.14. The minimum Gasteiger partial charge on any atom is -0.449 e. The van der Waals surface area contributed by atoms with Gasteiger partial charge in [0.25, 0.3) is 0 Å². The summed E-state index contributed by atoms with van der Waals surface area (Å²) in [5.41, 5.74) is 5.33. The van der Waals surface area contributed by atoms with Crippen LogP contribution in [0.15, 0.2) is 71.2 Å². The highest BCUT2D eigenvalue weighted by molar-refractivity contribution is 9.10. The van der Waals surface area contributed by atoms with Gasteiger partial charge in [-0.2, -0.15) is 0 Å². The van der Waals surface area contributed by atoms with E-state index in [1.807, 2.05) is 24.3 Å². The maximum atomic E-state index is 13.3. The van der Waals surface area contributed by atoms with Crippen LogP contribution in [0.4, 0.5) is 9.18 Å². The van der Waals surface area contributed by atoms with Gasteiger partial charge in [0, 0.05) is 28.9 Å². The molecular weight excluding hydrogens is 445 g/mol. The van der Waals surface area contributed by atoms with Crippen LogP contribution < -0.4 is 5.32 Å². The molecule has 1 amide bonds. The first-order valence-corrected chi connectivity index (χ1v) is 10.5. The second-order valence-electron chi connectivity index (χ2n) is 6.93. The van der Waals surface area contributed by atoms with Gasteiger partial charge < -0.3 is 10.1 Å². The molecule has 150 valence electrons. The van der Waals surface area contributed by atoms with Gasteiger partial charge in [0.15, 0.2) is 0 Å². The Morgan fingerprint density at radius 1 is 1.03 bits per heavy atom. The molecule has 0 heterocycles. The van der Waals surface area contributed by atoms with Crippen molar-refractivity contribution in [2.45, 2.75) is 12.3 Å². The number of carbonyl (C=O) groups is 1. The summed E-state index contributed by atoms with van der Waals surface area (Å²) in [4.78, 5) is 12.1. The van der Waals surface area contributed by atoms with Gasteiger partial charge in [0.05, 0.1) is 0 Å². The van der Waals surface area contributed by atoms with E-state index in [1.54, 1.807) is 6.07 Å². The van der Waals surface area contributed by atoms with Crippen molar-refractivity contribution in [2.24, 2.45) is 0 Å². The van der Waals surface area contributed by atoms with Crippen molar-refractivity contribution in [1.82, 2.24) is 5.32 Å². The Bertz CT molecular complexity index is 1100. The SMILES string of the molecule is O=C(NCCC#Cc1cc(F)ccc1Br)OCC1c2ccccc2-c2ccccc21. The van der Waals surface area contributed by atoms with Crippen LogP contribution in [0, 0.1) is 17.7 Å². The fourth-order valence-corrected chi connectivity index (χ4v) is 3.97. The fourth-order valence-electron chi connectivity index (χ4n) is 3.63. The number of hydrogen-bond acceptors (Lipinski definition) is 2. The third-order valence-electron chi connectivity index (χ3n) is 5.01. The predicted octanol–water partition coefficient (Wildman–Crippen LogP) is 5.87. The Morgan fingerprint density at radius 2 is 1.70 bits per heavy atom. The predicted molar refractivity (Wildman–Crippen MR) is 119 cm³/mol. The number of ether oxygens (including phenoxy) is 1. The lowest BCUT2D eigenvalue weighted by Crippen LogP contribution is -2.26. The van der Waals surface area contributed by atoms with Crippen molar-refractivity contribution in [1.29, 1.82) is 0 Å². The molecule has 0 spiro atoms. The molecular formula is C25H19BrFNO2. The number of carbonyl (C=O) groups excluding carboxylic acids is 1. The molecule has 0 unspecified atom stereocenters. The van der Waals surface area contributed by atoms with E-state index in [4.69, 9.17) is 4.74 Å². The zero-order valence-corrected chi connectivity index (χ0v) is 17.7. The first-order valence-electron chi connectivity index (χ1n) is 9.66. The largest absolute Gasteiger partial charge is 0.449 e. The number of hydrogen-bond donors (Lipinski definition) is 1. The molecule has 30 heavy (non-hydrogen) atoms. The van der Waals surface area contributed by atoms with Gasteiger partial charge in [-0.3, -0.25) is 0 Å². The summed E-state index contributed by atoms with van der Waals surface area (Å²) >= 11 is 3.34. The topological polar surface area (TPSA) is 38.3 Å². The number of benzene rings is 3. The zero-order chi connectivity index (χ0) is 20.9. The summed E-state index contributed by atoms with van der Waals surface area (Å²) < 4.78 is 19.5. The lowest BCUT2D eigenvalue weighted by atomic mass is 9.98. The van der Waals surface area contributed by atoms with Crippen molar-refractivity contribution in [3.05, 3.63) is 93.7 Å². The van der Waals surface area contributed by atoms with Gasteiger partial charge in [-0.15, -0.1) is 0 Å². The van der Waals surface area contributed by atoms with E-state index >= 15 is 0 Å². The smallest absolute Gasteiger partial charge is 0.407 e. The molecule has 0 aliphatic heterocycles. The molecule has 0 bridgehead atoms. The summed E-state index contributed by atoms with van der Waals surface area (Å²) in [6.45, 7) is 0.637. The highest BCUT2D eigenvalue weighted by atomic mass is 79.9. The van der Waals surface area contributed by atoms with E-state index in [0.717, 1.165) is 4.47 Å². The van der Waals surface area contributed by atoms with Gasteiger partial charge >= 0.3 is 6.09 Å². The molecule has 3 aromatic rings. The Balaban J connectivity index is 1.30. The fraction of sp³-hybridized carbons (Fsp3) is 0.160. The van der Waals surface area contributed by atoms with Crippen LogP contribution >= 0.6 is 15.9 Å². The Hall–Kier alpha value is -3.10. The normalized spacial score (nSPS) is 11.8. The molecule has 1 aliphatic rings. The van der Waals surface area contributed by atoms with Crippen LogP contribution in [0.25, 0.3) is 11.1 Å². The van der Waals surface area contributed by atoms with Crippen LogP contribution in [0.1, 0.15) is 29.0 Å². The first-order chi connectivity index (χ1) is 14.6. The Morgan fingerprint density at radius 3 is 2.40 bits per heavy atom. The molecule has 0 radical (unpaired) electrons. The van der Waals surface area contributed by atoms with Crippen LogP contribution in [-0.4, -0.2) is 19.2 Å². The molecule has 0 saturated carbocycles. The second-order valence-corrected chi connectivity index (χ2v) is 7.78. The number of nitrogens with one attached hydrogen (secondary N) is 1. The van der Waals surface area contributed by atoms with Crippen LogP contribution in [-0.2, 0) is 4.74 Å². The number of alkyl carbamates (subject to hydrolysis) is 1. The second kappa shape index (κ2) is 9.15. The maximum Gasteiger partial charge on any atom is 0.407 e. The average molecular weight is 464 g/mol. The van der Waals surface area contributed by atoms with Gasteiger partial charge in [-0.1, -0.05) is 60.4 Å². The molecule has 0 fully saturated rings. The molecule has 3 aromatic carbocycles. The van der Waals surface area contributed by atoms with Crippen molar-refractivity contribution in [3.63, 3.8) is 0 Å². The summed E-state index contributed by atoms with van der Waals surface area (Å²) in [6.07, 6.45) is -0.0294. The van der Waals surface area contributed by atoms with Crippen molar-refractivity contribution >= 4 is 22.0 Å². The van der Waals surface area contributed by atoms with Crippen molar-refractivity contribution in [2.75, 3.05) is 13.2 Å². The zero-order valence-electron chi connectivity index (χ0n) is 16.1. The van der Waals surface area contributed by atoms with Gasteiger partial charge in [-0.25, -0.2) is 9.18 Å². The summed E-state index contributed by atoms with van der Waals surface area (Å²) in [5, 5.41) is 2.72. The average Bonchev–Trinajstić information content (AvgIpc) is 3.08. The highest BCUT2D eigenvalue weighted by Gasteiger charge is 2.28. The number of amides is 1. The first kappa shape index (κ1) is 20.2. The van der Waals surface area contributed by atoms with Crippen molar-refractivity contribution in [3.8, 4) is 23.0 Å². The molecule has 0 saturated heterocycles. The van der Waals surface area contributed by atoms with Crippen LogP contribution in [0.2, 0.25) is 0 Å². The number of fused-ring (bicyclic) bond motifs is 3. The van der Waals surface area contributed by atoms with Crippen LogP contribution in [0.5, 0.6) is 0 Å². The summed E-state index contributed by atoms with van der Waals surface area (Å²) in [7, 11) is 0. The highest BCUT2D eigenvalue weighted by Crippen LogP contribution is 2.44. The molecule has 1 N–H and O–H groups in total. The van der Waals surface area contributed by atoms with E-state index in [1.165, 1.54) is 34.4 Å². The monoisotopic (exact) mass is 463 g/mol. The van der Waals surface area contributed by atoms with E-state index in [2.05, 4.69) is 57.4 Å². The van der Waals surface area contributed by atoms with Gasteiger partial charge in [0.1, 0.15) is 12.4 Å². The molecule has 5 heteroatoms. The van der Waals surface area contributed by atoms with Crippen LogP contribution in [0.3, 0.4) is 0 Å². The quantitative estimate of drug-likeness (QED) is 0.388. The van der Waals surface area contributed by atoms with Crippen molar-refractivity contribution < 1.29 is 13.9 Å². The Kier molecular flexibility index (Phi) is 6.15. The molecule has 0 atom stereocenters. The number of rotatable bonds is 4. The molecule has 1 aliphatic carbocycles.